The SMILES string of the molecule is C=CCN(CC(=O)N(Cc1ccccc1)Cc1cccs1)S(=O)(=O)/C=C/c1ccccc1. The smallest absolute Gasteiger partial charge is 0.238 e. The Labute approximate surface area is 194 Å². The van der Waals surface area contributed by atoms with Crippen LogP contribution in [0.3, 0.4) is 0 Å². The number of hydrogen-bond acceptors (Lipinski definition) is 4. The fourth-order valence-electron chi connectivity index (χ4n) is 3.09. The Morgan fingerprint density at radius 2 is 1.62 bits per heavy atom. The van der Waals surface area contributed by atoms with Gasteiger partial charge in [0.15, 0.2) is 0 Å². The van der Waals surface area contributed by atoms with E-state index in [1.165, 1.54) is 12.2 Å². The molecule has 0 aliphatic carbocycles. The van der Waals surface area contributed by atoms with E-state index in [1.807, 2.05) is 78.2 Å². The van der Waals surface area contributed by atoms with Crippen LogP contribution in [0.5, 0.6) is 0 Å². The normalized spacial score (nSPS) is 11.7. The minimum absolute atomic E-state index is 0.0470. The van der Waals surface area contributed by atoms with Crippen molar-refractivity contribution in [2.75, 3.05) is 13.1 Å². The molecule has 0 atom stereocenters. The van der Waals surface area contributed by atoms with Gasteiger partial charge in [0, 0.05) is 23.4 Å². The quantitative estimate of drug-likeness (QED) is 0.383. The molecule has 0 aliphatic rings. The zero-order valence-corrected chi connectivity index (χ0v) is 19.3. The molecule has 3 rings (SSSR count). The highest BCUT2D eigenvalue weighted by Crippen LogP contribution is 2.16. The Morgan fingerprint density at radius 3 is 2.25 bits per heavy atom. The van der Waals surface area contributed by atoms with Crippen LogP contribution < -0.4 is 0 Å². The number of thiophene rings is 1. The first-order valence-electron chi connectivity index (χ1n) is 10.2. The number of carbonyl (C=O) groups excluding carboxylic acids is 1. The Kier molecular flexibility index (Phi) is 8.56. The van der Waals surface area contributed by atoms with Gasteiger partial charge in [0.05, 0.1) is 13.1 Å². The molecular weight excluding hydrogens is 440 g/mol. The molecule has 1 aromatic heterocycles. The third kappa shape index (κ3) is 7.02. The highest BCUT2D eigenvalue weighted by atomic mass is 32.2. The Balaban J connectivity index is 1.78. The van der Waals surface area contributed by atoms with Crippen LogP contribution in [0.1, 0.15) is 16.0 Å². The van der Waals surface area contributed by atoms with Gasteiger partial charge in [-0.3, -0.25) is 4.79 Å². The van der Waals surface area contributed by atoms with E-state index in [4.69, 9.17) is 0 Å². The van der Waals surface area contributed by atoms with Gasteiger partial charge in [-0.1, -0.05) is 72.8 Å². The third-order valence-corrected chi connectivity index (χ3v) is 7.07. The van der Waals surface area contributed by atoms with Crippen molar-refractivity contribution < 1.29 is 13.2 Å². The van der Waals surface area contributed by atoms with Crippen LogP contribution in [-0.2, 0) is 27.9 Å². The summed E-state index contributed by atoms with van der Waals surface area (Å²) in [5, 5.41) is 3.10. The highest BCUT2D eigenvalue weighted by Gasteiger charge is 2.24. The zero-order chi connectivity index (χ0) is 22.8. The van der Waals surface area contributed by atoms with Crippen molar-refractivity contribution in [2.24, 2.45) is 0 Å². The first-order valence-corrected chi connectivity index (χ1v) is 12.5. The number of benzene rings is 2. The molecule has 0 unspecified atom stereocenters. The lowest BCUT2D eigenvalue weighted by atomic mass is 10.2. The second kappa shape index (κ2) is 11.6. The molecule has 0 N–H and O–H groups in total. The van der Waals surface area contributed by atoms with Crippen molar-refractivity contribution in [1.82, 2.24) is 9.21 Å². The second-order valence-electron chi connectivity index (χ2n) is 7.15. The van der Waals surface area contributed by atoms with Gasteiger partial charge in [0.25, 0.3) is 0 Å². The predicted octanol–water partition coefficient (Wildman–Crippen LogP) is 4.77. The molecule has 0 aliphatic heterocycles. The van der Waals surface area contributed by atoms with E-state index in [9.17, 15) is 13.2 Å². The fraction of sp³-hybridized carbons (Fsp3) is 0.160. The minimum atomic E-state index is -3.81. The molecule has 32 heavy (non-hydrogen) atoms. The van der Waals surface area contributed by atoms with E-state index in [2.05, 4.69) is 6.58 Å². The summed E-state index contributed by atoms with van der Waals surface area (Å²) in [4.78, 5) is 16.0. The summed E-state index contributed by atoms with van der Waals surface area (Å²) in [5.41, 5.74) is 1.75. The molecule has 0 spiro atoms. The first kappa shape index (κ1) is 23.7. The van der Waals surface area contributed by atoms with E-state index in [0.29, 0.717) is 13.1 Å². The lowest BCUT2D eigenvalue weighted by Crippen LogP contribution is -2.41. The average molecular weight is 467 g/mol. The van der Waals surface area contributed by atoms with Crippen LogP contribution >= 0.6 is 11.3 Å². The highest BCUT2D eigenvalue weighted by molar-refractivity contribution is 7.92. The maximum absolute atomic E-state index is 13.2. The van der Waals surface area contributed by atoms with Gasteiger partial charge < -0.3 is 4.90 Å². The summed E-state index contributed by atoms with van der Waals surface area (Å²) in [5.74, 6) is -0.263. The topological polar surface area (TPSA) is 57.7 Å². The van der Waals surface area contributed by atoms with Gasteiger partial charge in [-0.25, -0.2) is 8.42 Å². The molecule has 0 bridgehead atoms. The molecule has 0 saturated carbocycles. The van der Waals surface area contributed by atoms with Crippen LogP contribution in [0.15, 0.2) is 96.2 Å². The number of amides is 1. The van der Waals surface area contributed by atoms with Crippen molar-refractivity contribution in [3.05, 3.63) is 112 Å². The lowest BCUT2D eigenvalue weighted by Gasteiger charge is -2.26. The molecule has 5 nitrogen and oxygen atoms in total. The van der Waals surface area contributed by atoms with Gasteiger partial charge in [-0.2, -0.15) is 4.31 Å². The Morgan fingerprint density at radius 1 is 0.938 bits per heavy atom. The third-order valence-electron chi connectivity index (χ3n) is 4.73. The summed E-state index contributed by atoms with van der Waals surface area (Å²) in [6.45, 7) is 4.27. The summed E-state index contributed by atoms with van der Waals surface area (Å²) in [6.07, 6.45) is 3.02. The van der Waals surface area contributed by atoms with Crippen LogP contribution in [0, 0.1) is 0 Å². The van der Waals surface area contributed by atoms with Crippen molar-refractivity contribution in [3.8, 4) is 0 Å². The molecule has 166 valence electrons. The van der Waals surface area contributed by atoms with Gasteiger partial charge in [-0.15, -0.1) is 17.9 Å². The zero-order valence-electron chi connectivity index (χ0n) is 17.7. The Hall–Kier alpha value is -3.00. The number of carbonyl (C=O) groups is 1. The van der Waals surface area contributed by atoms with E-state index in [0.717, 1.165) is 25.7 Å². The predicted molar refractivity (Wildman–Crippen MR) is 131 cm³/mol. The molecular formula is C25H26N2O3S2. The molecule has 3 aromatic rings. The molecule has 1 amide bonds. The first-order chi connectivity index (χ1) is 15.5. The number of sulfonamides is 1. The molecule has 1 heterocycles. The standard InChI is InChI=1S/C25H26N2O3S2/c1-2-16-27(32(29,30)18-15-22-10-5-3-6-11-22)21-25(28)26(20-24-14-9-17-31-24)19-23-12-7-4-8-13-23/h2-15,17-18H,1,16,19-21H2/b18-15+. The van der Waals surface area contributed by atoms with E-state index >= 15 is 0 Å². The monoisotopic (exact) mass is 466 g/mol. The van der Waals surface area contributed by atoms with Crippen LogP contribution in [0.4, 0.5) is 0 Å². The van der Waals surface area contributed by atoms with Crippen molar-refractivity contribution in [3.63, 3.8) is 0 Å². The minimum Gasteiger partial charge on any atom is -0.332 e. The summed E-state index contributed by atoms with van der Waals surface area (Å²) >= 11 is 1.57. The van der Waals surface area contributed by atoms with Gasteiger partial charge in [0.2, 0.25) is 15.9 Å². The van der Waals surface area contributed by atoms with Crippen LogP contribution in [0.2, 0.25) is 0 Å². The molecule has 2 aromatic carbocycles. The van der Waals surface area contributed by atoms with E-state index in [1.54, 1.807) is 16.2 Å². The van der Waals surface area contributed by atoms with Crippen molar-refractivity contribution in [2.45, 2.75) is 13.1 Å². The fourth-order valence-corrected chi connectivity index (χ4v) is 4.92. The number of hydrogen-bond donors (Lipinski definition) is 0. The number of nitrogens with zero attached hydrogens (tertiary/aromatic N) is 2. The summed E-state index contributed by atoms with van der Waals surface area (Å²) < 4.78 is 27.0. The van der Waals surface area contributed by atoms with Gasteiger partial charge >= 0.3 is 0 Å². The van der Waals surface area contributed by atoms with Crippen LogP contribution in [0.25, 0.3) is 6.08 Å². The molecule has 0 fully saturated rings. The molecule has 7 heteroatoms. The van der Waals surface area contributed by atoms with Gasteiger partial charge in [0.1, 0.15) is 0 Å². The summed E-state index contributed by atoms with van der Waals surface area (Å²) in [7, 11) is -3.81. The number of rotatable bonds is 11. The summed E-state index contributed by atoms with van der Waals surface area (Å²) in [6, 6.07) is 22.8. The van der Waals surface area contributed by atoms with Crippen molar-refractivity contribution >= 4 is 33.3 Å². The Bertz CT molecular complexity index is 1130. The molecule has 0 saturated heterocycles. The molecule has 0 radical (unpaired) electrons. The van der Waals surface area contributed by atoms with E-state index < -0.39 is 10.0 Å². The lowest BCUT2D eigenvalue weighted by molar-refractivity contribution is -0.132. The van der Waals surface area contributed by atoms with Gasteiger partial charge in [-0.05, 0) is 28.6 Å². The van der Waals surface area contributed by atoms with E-state index in [-0.39, 0.29) is 19.0 Å². The van der Waals surface area contributed by atoms with Crippen molar-refractivity contribution in [1.29, 1.82) is 0 Å². The second-order valence-corrected chi connectivity index (χ2v) is 10.0. The van der Waals surface area contributed by atoms with Crippen LogP contribution in [-0.4, -0.2) is 36.6 Å². The largest absolute Gasteiger partial charge is 0.332 e. The average Bonchev–Trinajstić information content (AvgIpc) is 3.31. The maximum atomic E-state index is 13.2. The maximum Gasteiger partial charge on any atom is 0.238 e.